The second kappa shape index (κ2) is 4.21. The largest absolute Gasteiger partial charge is 0.301 e. The van der Waals surface area contributed by atoms with Gasteiger partial charge >= 0.3 is 0 Å². The minimum atomic E-state index is -3.86. The lowest BCUT2D eigenvalue weighted by Gasteiger charge is -2.54. The first-order chi connectivity index (χ1) is 8.01. The summed E-state index contributed by atoms with van der Waals surface area (Å²) in [6.45, 7) is 0.758. The topological polar surface area (TPSA) is 66.4 Å². The van der Waals surface area contributed by atoms with Gasteiger partial charge < -0.3 is 5.32 Å². The molecule has 0 amide bonds. The molecule has 17 heavy (non-hydrogen) atoms. The van der Waals surface area contributed by atoms with E-state index in [4.69, 9.17) is 4.55 Å². The first kappa shape index (κ1) is 11.9. The van der Waals surface area contributed by atoms with Gasteiger partial charge in [-0.25, -0.2) is 0 Å². The van der Waals surface area contributed by atoms with E-state index in [1.54, 1.807) is 0 Å². The fourth-order valence-electron chi connectivity index (χ4n) is 4.73. The third-order valence-electron chi connectivity index (χ3n) is 5.09. The lowest BCUT2D eigenvalue weighted by molar-refractivity contribution is -0.0350. The maximum Gasteiger partial charge on any atom is 0.278 e. The normalized spacial score (nSPS) is 44.2. The van der Waals surface area contributed by atoms with Gasteiger partial charge in [0.25, 0.3) is 10.1 Å². The molecule has 0 aromatic rings. The molecule has 0 radical (unpaired) electrons. The molecule has 4 bridgehead atoms. The minimum Gasteiger partial charge on any atom is -0.301 e. The molecule has 4 aliphatic carbocycles. The molecule has 4 nitrogen and oxygen atoms in total. The summed E-state index contributed by atoms with van der Waals surface area (Å²) < 4.78 is 30.1. The molecule has 0 aliphatic heterocycles. The molecule has 5 heteroatoms. The molecule has 0 atom stereocenters. The van der Waals surface area contributed by atoms with Crippen molar-refractivity contribution in [3.8, 4) is 0 Å². The number of hydrogen-bond acceptors (Lipinski definition) is 3. The highest BCUT2D eigenvalue weighted by atomic mass is 32.2. The highest BCUT2D eigenvalue weighted by Crippen LogP contribution is 2.56. The van der Waals surface area contributed by atoms with Crippen LogP contribution in [-0.2, 0) is 10.1 Å². The first-order valence-electron chi connectivity index (χ1n) is 6.67. The van der Waals surface area contributed by atoms with Crippen LogP contribution in [0.4, 0.5) is 0 Å². The van der Waals surface area contributed by atoms with Gasteiger partial charge in [0.2, 0.25) is 0 Å². The maximum absolute atomic E-state index is 10.7. The highest BCUT2D eigenvalue weighted by Gasteiger charge is 2.47. The van der Waals surface area contributed by atoms with Crippen LogP contribution < -0.4 is 5.32 Å². The summed E-state index contributed by atoms with van der Waals surface area (Å²) in [5, 5.41) is 2.92. The van der Waals surface area contributed by atoms with Crippen LogP contribution in [0.2, 0.25) is 0 Å². The van der Waals surface area contributed by atoms with Gasteiger partial charge in [0, 0.05) is 0 Å². The molecule has 98 valence electrons. The van der Waals surface area contributed by atoms with E-state index in [0.29, 0.717) is 5.92 Å². The Balaban J connectivity index is 1.57. The number of hydrogen-bond donors (Lipinski definition) is 2. The maximum atomic E-state index is 10.7. The predicted molar refractivity (Wildman–Crippen MR) is 65.0 cm³/mol. The Labute approximate surface area is 103 Å². The zero-order valence-electron chi connectivity index (χ0n) is 10.0. The highest BCUT2D eigenvalue weighted by molar-refractivity contribution is 7.85. The number of rotatable bonds is 4. The summed E-state index contributed by atoms with van der Waals surface area (Å²) in [7, 11) is -3.86. The smallest absolute Gasteiger partial charge is 0.278 e. The summed E-state index contributed by atoms with van der Waals surface area (Å²) in [5.74, 6) is 3.87. The molecule has 0 heterocycles. The monoisotopic (exact) mass is 259 g/mol. The standard InChI is InChI=1S/C12H21NO3S/c14-17(15,16)7-13-6-12-10-2-8-1-9(4-10)5-11(12)3-8/h8-13H,1-7H2,(H,14,15,16). The lowest BCUT2D eigenvalue weighted by atomic mass is 9.52. The number of nitrogens with one attached hydrogen (secondary N) is 1. The van der Waals surface area contributed by atoms with Crippen LogP contribution in [0.15, 0.2) is 0 Å². The minimum absolute atomic E-state index is 0.296. The van der Waals surface area contributed by atoms with Crippen molar-refractivity contribution in [3.05, 3.63) is 0 Å². The molecular formula is C12H21NO3S. The molecule has 0 unspecified atom stereocenters. The zero-order chi connectivity index (χ0) is 12.0. The molecule has 4 aliphatic rings. The summed E-state index contributed by atoms with van der Waals surface area (Å²) in [6.07, 6.45) is 6.85. The molecule has 4 rings (SSSR count). The molecule has 4 fully saturated rings. The molecule has 0 aromatic heterocycles. The first-order valence-corrected chi connectivity index (χ1v) is 8.28. The lowest BCUT2D eigenvalue weighted by Crippen LogP contribution is -2.48. The van der Waals surface area contributed by atoms with Crippen LogP contribution in [-0.4, -0.2) is 25.4 Å². The van der Waals surface area contributed by atoms with Crippen molar-refractivity contribution in [2.75, 3.05) is 12.4 Å². The van der Waals surface area contributed by atoms with Crippen LogP contribution in [0, 0.1) is 29.6 Å². The van der Waals surface area contributed by atoms with E-state index in [0.717, 1.165) is 30.2 Å². The summed E-state index contributed by atoms with van der Waals surface area (Å²) in [5.41, 5.74) is 0. The van der Waals surface area contributed by atoms with Crippen molar-refractivity contribution in [3.63, 3.8) is 0 Å². The van der Waals surface area contributed by atoms with Gasteiger partial charge in [0.1, 0.15) is 5.88 Å². The molecule has 4 saturated carbocycles. The Bertz CT molecular complexity index is 365. The molecular weight excluding hydrogens is 238 g/mol. The van der Waals surface area contributed by atoms with Gasteiger partial charge in [0.15, 0.2) is 0 Å². The van der Waals surface area contributed by atoms with Crippen LogP contribution in [0.3, 0.4) is 0 Å². The van der Waals surface area contributed by atoms with Crippen LogP contribution >= 0.6 is 0 Å². The van der Waals surface area contributed by atoms with Crippen molar-refractivity contribution in [2.45, 2.75) is 32.1 Å². The Hall–Kier alpha value is -0.130. The predicted octanol–water partition coefficient (Wildman–Crippen LogP) is 1.49. The van der Waals surface area contributed by atoms with Crippen molar-refractivity contribution in [1.82, 2.24) is 5.32 Å². The summed E-state index contributed by atoms with van der Waals surface area (Å²) in [4.78, 5) is 0. The quantitative estimate of drug-likeness (QED) is 0.751. The summed E-state index contributed by atoms with van der Waals surface area (Å²) in [6, 6.07) is 0. The Morgan fingerprint density at radius 1 is 1.00 bits per heavy atom. The molecule has 2 N–H and O–H groups in total. The Morgan fingerprint density at radius 2 is 1.53 bits per heavy atom. The van der Waals surface area contributed by atoms with Crippen molar-refractivity contribution in [1.29, 1.82) is 0 Å². The van der Waals surface area contributed by atoms with Gasteiger partial charge in [-0.1, -0.05) is 0 Å². The second-order valence-corrected chi connectivity index (χ2v) is 7.73. The van der Waals surface area contributed by atoms with Crippen LogP contribution in [0.1, 0.15) is 32.1 Å². The van der Waals surface area contributed by atoms with Crippen LogP contribution in [0.25, 0.3) is 0 Å². The van der Waals surface area contributed by atoms with Crippen molar-refractivity contribution >= 4 is 10.1 Å². The van der Waals surface area contributed by atoms with E-state index in [1.165, 1.54) is 32.1 Å². The van der Waals surface area contributed by atoms with E-state index < -0.39 is 10.1 Å². The van der Waals surface area contributed by atoms with E-state index in [1.807, 2.05) is 0 Å². The van der Waals surface area contributed by atoms with Gasteiger partial charge in [-0.15, -0.1) is 0 Å². The Morgan fingerprint density at radius 3 is 2.00 bits per heavy atom. The van der Waals surface area contributed by atoms with Crippen molar-refractivity contribution in [2.24, 2.45) is 29.6 Å². The fraction of sp³-hybridized carbons (Fsp3) is 1.00. The fourth-order valence-corrected chi connectivity index (χ4v) is 5.10. The van der Waals surface area contributed by atoms with Gasteiger partial charge in [-0.3, -0.25) is 4.55 Å². The van der Waals surface area contributed by atoms with E-state index in [-0.39, 0.29) is 5.88 Å². The van der Waals surface area contributed by atoms with E-state index in [2.05, 4.69) is 5.32 Å². The van der Waals surface area contributed by atoms with Gasteiger partial charge in [0.05, 0.1) is 0 Å². The molecule has 0 saturated heterocycles. The van der Waals surface area contributed by atoms with Gasteiger partial charge in [-0.2, -0.15) is 8.42 Å². The average Bonchev–Trinajstić information content (AvgIpc) is 2.19. The third kappa shape index (κ3) is 2.51. The summed E-state index contributed by atoms with van der Waals surface area (Å²) >= 11 is 0. The zero-order valence-corrected chi connectivity index (χ0v) is 10.8. The average molecular weight is 259 g/mol. The SMILES string of the molecule is O=S(=O)(O)CNCC1C2CC3CC(C2)CC1C3. The van der Waals surface area contributed by atoms with Crippen molar-refractivity contribution < 1.29 is 13.0 Å². The second-order valence-electron chi connectivity index (χ2n) is 6.27. The van der Waals surface area contributed by atoms with Gasteiger partial charge in [-0.05, 0) is 68.2 Å². The van der Waals surface area contributed by atoms with Crippen LogP contribution in [0.5, 0.6) is 0 Å². The molecule has 0 spiro atoms. The van der Waals surface area contributed by atoms with E-state index in [9.17, 15) is 8.42 Å². The van der Waals surface area contributed by atoms with E-state index >= 15 is 0 Å². The third-order valence-corrected chi connectivity index (χ3v) is 5.66. The Kier molecular flexibility index (Phi) is 2.96. The molecule has 0 aromatic carbocycles.